The Labute approximate surface area is 173 Å². The molecule has 0 aliphatic carbocycles. The lowest BCUT2D eigenvalue weighted by Crippen LogP contribution is -2.56. The number of nitrogens with zero attached hydrogens (tertiary/aromatic N) is 1. The molecule has 0 bridgehead atoms. The van der Waals surface area contributed by atoms with E-state index in [9.17, 15) is 18.5 Å². The quantitative estimate of drug-likeness (QED) is 0.374. The van der Waals surface area contributed by atoms with Crippen molar-refractivity contribution in [3.63, 3.8) is 0 Å². The molecular weight excluding hydrogens is 422 g/mol. The molecule has 11 nitrogen and oxygen atoms in total. The number of nitro groups is 1. The van der Waals surface area contributed by atoms with Crippen LogP contribution in [0.4, 0.5) is 5.69 Å². The summed E-state index contributed by atoms with van der Waals surface area (Å²) in [5.41, 5.74) is -0.224. The second kappa shape index (κ2) is 7.19. The highest BCUT2D eigenvalue weighted by Crippen LogP contribution is 2.44. The van der Waals surface area contributed by atoms with Crippen LogP contribution in [0.15, 0.2) is 29.2 Å². The van der Waals surface area contributed by atoms with Crippen LogP contribution in [0.1, 0.15) is 27.7 Å². The minimum atomic E-state index is -4.18. The van der Waals surface area contributed by atoms with Gasteiger partial charge in [0.25, 0.3) is 15.8 Å². The minimum absolute atomic E-state index is 0.205. The lowest BCUT2D eigenvalue weighted by atomic mass is 9.99. The molecule has 0 N–H and O–H groups in total. The molecule has 0 spiro atoms. The van der Waals surface area contributed by atoms with E-state index < -0.39 is 57.3 Å². The van der Waals surface area contributed by atoms with Crippen molar-refractivity contribution in [1.29, 1.82) is 0 Å². The van der Waals surface area contributed by atoms with Crippen molar-refractivity contribution < 1.29 is 41.2 Å². The van der Waals surface area contributed by atoms with Gasteiger partial charge in [-0.2, -0.15) is 8.42 Å². The van der Waals surface area contributed by atoms with Crippen LogP contribution in [0.5, 0.6) is 0 Å². The molecule has 1 aromatic carbocycles. The topological polar surface area (TPSA) is 133 Å². The van der Waals surface area contributed by atoms with E-state index in [1.54, 1.807) is 27.7 Å². The second-order valence-electron chi connectivity index (χ2n) is 8.20. The normalized spacial score (nSPS) is 34.3. The Balaban J connectivity index is 1.50. The standard InChI is InChI=1S/C18H23NO10S/c1-17(2)26-13-12(25-16-15(14(13)27-17)28-18(3,4)29-16)9-24-30(22,23)11-7-5-10(6-8-11)19(20)21/h5-8,12-16H,9H2,1-4H3. The zero-order valence-corrected chi connectivity index (χ0v) is 17.7. The molecule has 5 atom stereocenters. The fourth-order valence-corrected chi connectivity index (χ4v) is 4.71. The zero-order valence-electron chi connectivity index (χ0n) is 16.8. The summed E-state index contributed by atoms with van der Waals surface area (Å²) in [6.45, 7) is 6.62. The monoisotopic (exact) mass is 445 g/mol. The van der Waals surface area contributed by atoms with Crippen LogP contribution in [0.2, 0.25) is 0 Å². The fourth-order valence-electron chi connectivity index (χ4n) is 3.79. The predicted octanol–water partition coefficient (Wildman–Crippen LogP) is 1.70. The molecule has 30 heavy (non-hydrogen) atoms. The summed E-state index contributed by atoms with van der Waals surface area (Å²) in [6.07, 6.45) is -3.27. The van der Waals surface area contributed by atoms with E-state index in [4.69, 9.17) is 27.9 Å². The van der Waals surface area contributed by atoms with E-state index >= 15 is 0 Å². The third-order valence-corrected chi connectivity index (χ3v) is 6.27. The molecule has 3 heterocycles. The summed E-state index contributed by atoms with van der Waals surface area (Å²) in [7, 11) is -4.18. The summed E-state index contributed by atoms with van der Waals surface area (Å²) in [6, 6.07) is 4.41. The number of hydrogen-bond donors (Lipinski definition) is 0. The predicted molar refractivity (Wildman–Crippen MR) is 98.8 cm³/mol. The zero-order chi connectivity index (χ0) is 21.9. The van der Waals surface area contributed by atoms with E-state index in [1.807, 2.05) is 0 Å². The molecule has 0 aromatic heterocycles. The van der Waals surface area contributed by atoms with Gasteiger partial charge in [0.1, 0.15) is 24.4 Å². The number of rotatable bonds is 5. The highest BCUT2D eigenvalue weighted by molar-refractivity contribution is 7.86. The van der Waals surface area contributed by atoms with Crippen LogP contribution in [-0.4, -0.2) is 62.2 Å². The summed E-state index contributed by atoms with van der Waals surface area (Å²) >= 11 is 0. The molecule has 3 fully saturated rings. The van der Waals surface area contributed by atoms with Crippen molar-refractivity contribution in [2.75, 3.05) is 6.61 Å². The third kappa shape index (κ3) is 4.08. The van der Waals surface area contributed by atoms with Crippen LogP contribution < -0.4 is 0 Å². The van der Waals surface area contributed by atoms with Gasteiger partial charge in [-0.05, 0) is 39.8 Å². The molecule has 1 aromatic rings. The molecule has 3 saturated heterocycles. The molecule has 0 saturated carbocycles. The van der Waals surface area contributed by atoms with E-state index in [-0.39, 0.29) is 17.2 Å². The van der Waals surface area contributed by atoms with E-state index in [0.29, 0.717) is 0 Å². The van der Waals surface area contributed by atoms with Crippen molar-refractivity contribution in [2.45, 2.75) is 74.9 Å². The molecule has 166 valence electrons. The van der Waals surface area contributed by atoms with E-state index in [1.165, 1.54) is 0 Å². The number of non-ortho nitro benzene ring substituents is 1. The van der Waals surface area contributed by atoms with Crippen molar-refractivity contribution in [3.8, 4) is 0 Å². The number of fused-ring (bicyclic) bond motifs is 3. The summed E-state index contributed by atoms with van der Waals surface area (Å²) in [4.78, 5) is 9.93. The van der Waals surface area contributed by atoms with Gasteiger partial charge in [0.05, 0.1) is 16.4 Å². The Morgan fingerprint density at radius 3 is 2.17 bits per heavy atom. The molecular formula is C18H23NO10S. The third-order valence-electron chi connectivity index (χ3n) is 4.97. The van der Waals surface area contributed by atoms with Gasteiger partial charge in [0, 0.05) is 12.1 Å². The van der Waals surface area contributed by atoms with Crippen molar-refractivity contribution in [1.82, 2.24) is 0 Å². The minimum Gasteiger partial charge on any atom is -0.342 e. The van der Waals surface area contributed by atoms with Gasteiger partial charge in [0.15, 0.2) is 17.9 Å². The molecule has 3 aliphatic heterocycles. The average Bonchev–Trinajstić information content (AvgIpc) is 3.13. The van der Waals surface area contributed by atoms with Crippen molar-refractivity contribution in [3.05, 3.63) is 34.4 Å². The summed E-state index contributed by atoms with van der Waals surface area (Å²) in [5, 5.41) is 10.7. The van der Waals surface area contributed by atoms with Gasteiger partial charge in [-0.25, -0.2) is 0 Å². The van der Waals surface area contributed by atoms with Gasteiger partial charge >= 0.3 is 0 Å². The molecule has 4 rings (SSSR count). The van der Waals surface area contributed by atoms with Gasteiger partial charge in [-0.3, -0.25) is 14.3 Å². The Bertz CT molecular complexity index is 929. The first-order valence-corrected chi connectivity index (χ1v) is 10.8. The Morgan fingerprint density at radius 1 is 0.967 bits per heavy atom. The first kappa shape index (κ1) is 21.6. The maximum atomic E-state index is 12.5. The van der Waals surface area contributed by atoms with Crippen LogP contribution >= 0.6 is 0 Å². The number of ether oxygens (including phenoxy) is 5. The average molecular weight is 445 g/mol. The van der Waals surface area contributed by atoms with Gasteiger partial charge in [-0.15, -0.1) is 0 Å². The Morgan fingerprint density at radius 2 is 1.53 bits per heavy atom. The fraction of sp³-hybridized carbons (Fsp3) is 0.667. The second-order valence-corrected chi connectivity index (χ2v) is 9.81. The van der Waals surface area contributed by atoms with E-state index in [2.05, 4.69) is 0 Å². The SMILES string of the molecule is CC1(C)OC2OC(COS(=O)(=O)c3ccc([N+](=O)[O-])cc3)C3OC(C)(C)OC3C2O1. The molecule has 0 radical (unpaired) electrons. The smallest absolute Gasteiger partial charge is 0.297 e. The molecule has 12 heteroatoms. The van der Waals surface area contributed by atoms with Crippen LogP contribution in [0.25, 0.3) is 0 Å². The van der Waals surface area contributed by atoms with Gasteiger partial charge in [-0.1, -0.05) is 0 Å². The lowest BCUT2D eigenvalue weighted by molar-refractivity contribution is -0.384. The maximum Gasteiger partial charge on any atom is 0.297 e. The van der Waals surface area contributed by atoms with Crippen LogP contribution in [0, 0.1) is 10.1 Å². The molecule has 3 aliphatic rings. The van der Waals surface area contributed by atoms with Crippen molar-refractivity contribution in [2.24, 2.45) is 0 Å². The lowest BCUT2D eigenvalue weighted by Gasteiger charge is -2.36. The van der Waals surface area contributed by atoms with Crippen LogP contribution in [-0.2, 0) is 38.0 Å². The first-order valence-electron chi connectivity index (χ1n) is 9.38. The maximum absolute atomic E-state index is 12.5. The Kier molecular flexibility index (Phi) is 5.17. The number of benzene rings is 1. The summed E-state index contributed by atoms with van der Waals surface area (Å²) in [5.74, 6) is -1.81. The summed E-state index contributed by atoms with van der Waals surface area (Å²) < 4.78 is 59.7. The Hall–Kier alpha value is -1.67. The van der Waals surface area contributed by atoms with Gasteiger partial charge in [0.2, 0.25) is 0 Å². The number of hydrogen-bond acceptors (Lipinski definition) is 10. The van der Waals surface area contributed by atoms with Crippen molar-refractivity contribution >= 4 is 15.8 Å². The van der Waals surface area contributed by atoms with Crippen LogP contribution in [0.3, 0.4) is 0 Å². The highest BCUT2D eigenvalue weighted by atomic mass is 32.2. The largest absolute Gasteiger partial charge is 0.342 e. The number of nitro benzene ring substituents is 1. The highest BCUT2D eigenvalue weighted by Gasteiger charge is 2.60. The first-order chi connectivity index (χ1) is 13.9. The van der Waals surface area contributed by atoms with Gasteiger partial charge < -0.3 is 23.7 Å². The molecule has 0 amide bonds. The van der Waals surface area contributed by atoms with E-state index in [0.717, 1.165) is 24.3 Å². The molecule has 5 unspecified atom stereocenters.